The number of hydrogen-bond acceptors (Lipinski definition) is 2. The zero-order chi connectivity index (χ0) is 10.6. The Morgan fingerprint density at radius 1 is 1.50 bits per heavy atom. The maximum Gasteiger partial charge on any atom is 0.137 e. The van der Waals surface area contributed by atoms with Crippen LogP contribution in [0.3, 0.4) is 0 Å². The van der Waals surface area contributed by atoms with Gasteiger partial charge in [-0.25, -0.2) is 0 Å². The minimum Gasteiger partial charge on any atom is -0.492 e. The quantitative estimate of drug-likeness (QED) is 0.830. The summed E-state index contributed by atoms with van der Waals surface area (Å²) >= 11 is 6.06. The number of hydrogen-bond donors (Lipinski definition) is 1. The van der Waals surface area contributed by atoms with Crippen molar-refractivity contribution < 1.29 is 4.74 Å². The largest absolute Gasteiger partial charge is 0.492 e. The second kappa shape index (κ2) is 5.23. The average molecular weight is 214 g/mol. The molecule has 0 radical (unpaired) electrons. The standard InChI is InChI=1S/C11H16ClNO/c1-4-14-11-6-5-9(7-10(11)12)8(2)13-3/h5-8,13H,4H2,1-3H3. The van der Waals surface area contributed by atoms with Crippen molar-refractivity contribution in [1.29, 1.82) is 0 Å². The van der Waals surface area contributed by atoms with Crippen LogP contribution < -0.4 is 10.1 Å². The first-order valence-electron chi connectivity index (χ1n) is 4.78. The summed E-state index contributed by atoms with van der Waals surface area (Å²) in [4.78, 5) is 0. The summed E-state index contributed by atoms with van der Waals surface area (Å²) in [5.74, 6) is 0.751. The lowest BCUT2D eigenvalue weighted by Crippen LogP contribution is -2.12. The Kier molecular flexibility index (Phi) is 4.23. The van der Waals surface area contributed by atoms with Crippen LogP contribution in [0.5, 0.6) is 5.75 Å². The minimum atomic E-state index is 0.308. The SMILES string of the molecule is CCOc1ccc(C(C)NC)cc1Cl. The van der Waals surface area contributed by atoms with Gasteiger partial charge in [-0.2, -0.15) is 0 Å². The fourth-order valence-electron chi connectivity index (χ4n) is 1.23. The molecule has 0 aromatic heterocycles. The first-order chi connectivity index (χ1) is 6.69. The van der Waals surface area contributed by atoms with Gasteiger partial charge in [0.25, 0.3) is 0 Å². The van der Waals surface area contributed by atoms with Crippen LogP contribution in [0.2, 0.25) is 5.02 Å². The van der Waals surface area contributed by atoms with Gasteiger partial charge in [0.05, 0.1) is 11.6 Å². The summed E-state index contributed by atoms with van der Waals surface area (Å²) in [6, 6.07) is 6.18. The molecule has 14 heavy (non-hydrogen) atoms. The minimum absolute atomic E-state index is 0.308. The lowest BCUT2D eigenvalue weighted by atomic mass is 10.1. The van der Waals surface area contributed by atoms with E-state index >= 15 is 0 Å². The highest BCUT2D eigenvalue weighted by Crippen LogP contribution is 2.27. The highest BCUT2D eigenvalue weighted by molar-refractivity contribution is 6.32. The van der Waals surface area contributed by atoms with Crippen molar-refractivity contribution in [2.75, 3.05) is 13.7 Å². The van der Waals surface area contributed by atoms with Gasteiger partial charge in [0.15, 0.2) is 0 Å². The summed E-state index contributed by atoms with van der Waals surface area (Å²) in [5.41, 5.74) is 1.17. The molecular formula is C11H16ClNO. The number of rotatable bonds is 4. The average Bonchev–Trinajstić information content (AvgIpc) is 2.20. The third-order valence-electron chi connectivity index (χ3n) is 2.19. The van der Waals surface area contributed by atoms with Gasteiger partial charge < -0.3 is 10.1 Å². The molecule has 78 valence electrons. The zero-order valence-electron chi connectivity index (χ0n) is 8.80. The van der Waals surface area contributed by atoms with E-state index in [1.165, 1.54) is 5.56 Å². The number of halogens is 1. The van der Waals surface area contributed by atoms with Crippen LogP contribution in [0.25, 0.3) is 0 Å². The van der Waals surface area contributed by atoms with Crippen LogP contribution >= 0.6 is 11.6 Å². The summed E-state index contributed by atoms with van der Waals surface area (Å²) in [5, 5.41) is 3.83. The van der Waals surface area contributed by atoms with E-state index in [2.05, 4.69) is 12.2 Å². The lowest BCUT2D eigenvalue weighted by Gasteiger charge is -2.12. The molecule has 1 atom stereocenters. The zero-order valence-corrected chi connectivity index (χ0v) is 9.56. The van der Waals surface area contributed by atoms with E-state index in [1.54, 1.807) is 0 Å². The van der Waals surface area contributed by atoms with Crippen LogP contribution in [0.4, 0.5) is 0 Å². The highest BCUT2D eigenvalue weighted by atomic mass is 35.5. The molecule has 0 heterocycles. The maximum absolute atomic E-state index is 6.06. The second-order valence-electron chi connectivity index (χ2n) is 3.13. The smallest absolute Gasteiger partial charge is 0.137 e. The third kappa shape index (κ3) is 2.63. The second-order valence-corrected chi connectivity index (χ2v) is 3.54. The van der Waals surface area contributed by atoms with E-state index in [0.717, 1.165) is 5.75 Å². The fourth-order valence-corrected chi connectivity index (χ4v) is 1.47. The van der Waals surface area contributed by atoms with Crippen molar-refractivity contribution in [2.24, 2.45) is 0 Å². The van der Waals surface area contributed by atoms with Crippen molar-refractivity contribution in [3.8, 4) is 5.75 Å². The van der Waals surface area contributed by atoms with Crippen molar-refractivity contribution in [2.45, 2.75) is 19.9 Å². The fraction of sp³-hybridized carbons (Fsp3) is 0.455. The molecule has 0 spiro atoms. The number of benzene rings is 1. The summed E-state index contributed by atoms with van der Waals surface area (Å²) in [6.45, 7) is 4.67. The summed E-state index contributed by atoms with van der Waals surface area (Å²) < 4.78 is 5.35. The molecule has 0 amide bonds. The first kappa shape index (κ1) is 11.3. The molecule has 0 aliphatic heterocycles. The Bertz CT molecular complexity index is 301. The van der Waals surface area contributed by atoms with Gasteiger partial charge in [-0.15, -0.1) is 0 Å². The van der Waals surface area contributed by atoms with Crippen molar-refractivity contribution >= 4 is 11.6 Å². The van der Waals surface area contributed by atoms with Crippen LogP contribution in [-0.4, -0.2) is 13.7 Å². The lowest BCUT2D eigenvalue weighted by molar-refractivity contribution is 0.340. The molecule has 0 aliphatic rings. The molecular weight excluding hydrogens is 198 g/mol. The molecule has 0 bridgehead atoms. The van der Waals surface area contributed by atoms with Gasteiger partial charge in [-0.3, -0.25) is 0 Å². The predicted molar refractivity (Wildman–Crippen MR) is 60.1 cm³/mol. The van der Waals surface area contributed by atoms with Crippen LogP contribution in [0.1, 0.15) is 25.5 Å². The molecule has 1 unspecified atom stereocenters. The summed E-state index contributed by atoms with van der Waals surface area (Å²) in [7, 11) is 1.93. The van der Waals surface area contributed by atoms with Crippen molar-refractivity contribution in [3.05, 3.63) is 28.8 Å². The molecule has 1 aromatic rings. The van der Waals surface area contributed by atoms with E-state index < -0.39 is 0 Å². The normalized spacial score (nSPS) is 12.6. The Balaban J connectivity index is 2.88. The molecule has 1 rings (SSSR count). The van der Waals surface area contributed by atoms with E-state index in [0.29, 0.717) is 17.7 Å². The van der Waals surface area contributed by atoms with Crippen LogP contribution in [-0.2, 0) is 0 Å². The maximum atomic E-state index is 6.06. The molecule has 0 saturated heterocycles. The van der Waals surface area contributed by atoms with Gasteiger partial charge in [-0.05, 0) is 38.6 Å². The Labute approximate surface area is 90.2 Å². The molecule has 0 aliphatic carbocycles. The summed E-state index contributed by atoms with van der Waals surface area (Å²) in [6.07, 6.45) is 0. The monoisotopic (exact) mass is 213 g/mol. The van der Waals surface area contributed by atoms with E-state index in [1.807, 2.05) is 32.2 Å². The van der Waals surface area contributed by atoms with Gasteiger partial charge in [0.2, 0.25) is 0 Å². The molecule has 2 nitrogen and oxygen atoms in total. The molecule has 3 heteroatoms. The van der Waals surface area contributed by atoms with E-state index in [4.69, 9.17) is 16.3 Å². The topological polar surface area (TPSA) is 21.3 Å². The van der Waals surface area contributed by atoms with Gasteiger partial charge >= 0.3 is 0 Å². The Hall–Kier alpha value is -0.730. The van der Waals surface area contributed by atoms with Gasteiger partial charge in [0, 0.05) is 6.04 Å². The third-order valence-corrected chi connectivity index (χ3v) is 2.48. The van der Waals surface area contributed by atoms with Crippen molar-refractivity contribution in [3.63, 3.8) is 0 Å². The number of ether oxygens (including phenoxy) is 1. The molecule has 1 N–H and O–H groups in total. The van der Waals surface area contributed by atoms with Crippen LogP contribution in [0, 0.1) is 0 Å². The molecule has 1 aromatic carbocycles. The predicted octanol–water partition coefficient (Wildman–Crippen LogP) is 3.02. The van der Waals surface area contributed by atoms with Gasteiger partial charge in [-0.1, -0.05) is 17.7 Å². The molecule has 0 fully saturated rings. The van der Waals surface area contributed by atoms with Crippen LogP contribution in [0.15, 0.2) is 18.2 Å². The number of nitrogens with one attached hydrogen (secondary N) is 1. The Morgan fingerprint density at radius 2 is 2.21 bits per heavy atom. The highest BCUT2D eigenvalue weighted by Gasteiger charge is 2.06. The Morgan fingerprint density at radius 3 is 2.71 bits per heavy atom. The first-order valence-corrected chi connectivity index (χ1v) is 5.16. The van der Waals surface area contributed by atoms with Crippen molar-refractivity contribution in [1.82, 2.24) is 5.32 Å². The van der Waals surface area contributed by atoms with E-state index in [-0.39, 0.29) is 0 Å². The van der Waals surface area contributed by atoms with E-state index in [9.17, 15) is 0 Å². The molecule has 0 saturated carbocycles. The van der Waals surface area contributed by atoms with Gasteiger partial charge in [0.1, 0.15) is 5.75 Å².